The van der Waals surface area contributed by atoms with Crippen molar-refractivity contribution in [1.82, 2.24) is 24.8 Å². The van der Waals surface area contributed by atoms with Crippen LogP contribution >= 0.6 is 0 Å². The zero-order valence-electron chi connectivity index (χ0n) is 14.6. The smallest absolute Gasteiger partial charge is 0.247 e. The highest BCUT2D eigenvalue weighted by Crippen LogP contribution is 2.26. The summed E-state index contributed by atoms with van der Waals surface area (Å²) >= 11 is 0. The Morgan fingerprint density at radius 1 is 1.15 bits per heavy atom. The lowest BCUT2D eigenvalue weighted by molar-refractivity contribution is -0.116. The Balaban J connectivity index is 1.55. The van der Waals surface area contributed by atoms with Crippen molar-refractivity contribution < 1.29 is 9.18 Å². The Morgan fingerprint density at radius 2 is 2.00 bits per heavy atom. The van der Waals surface area contributed by atoms with Gasteiger partial charge in [0.05, 0.1) is 24.5 Å². The van der Waals surface area contributed by atoms with Crippen LogP contribution in [-0.2, 0) is 17.9 Å². The molecule has 0 aliphatic rings. The normalized spacial score (nSPS) is 11.0. The number of hydrogen-bond acceptors (Lipinski definition) is 4. The molecule has 1 N–H and O–H groups in total. The average Bonchev–Trinajstić information content (AvgIpc) is 3.28. The predicted octanol–water partition coefficient (Wildman–Crippen LogP) is 3.09. The van der Waals surface area contributed by atoms with Crippen LogP contribution in [0.4, 0.5) is 10.2 Å². The molecule has 2 aromatic heterocycles. The third-order valence-electron chi connectivity index (χ3n) is 4.21. The summed E-state index contributed by atoms with van der Waals surface area (Å²) in [6.45, 7) is 2.59. The molecule has 0 saturated heterocycles. The Bertz CT molecular complexity index is 1120. The number of benzene rings is 2. The van der Waals surface area contributed by atoms with Gasteiger partial charge in [0, 0.05) is 10.9 Å². The van der Waals surface area contributed by atoms with E-state index in [9.17, 15) is 9.18 Å². The van der Waals surface area contributed by atoms with Crippen LogP contribution in [0, 0.1) is 5.82 Å². The third-order valence-corrected chi connectivity index (χ3v) is 4.21. The van der Waals surface area contributed by atoms with Gasteiger partial charge in [-0.1, -0.05) is 24.3 Å². The summed E-state index contributed by atoms with van der Waals surface area (Å²) in [6.07, 6.45) is 3.17. The molecule has 8 heteroatoms. The van der Waals surface area contributed by atoms with E-state index in [1.807, 2.05) is 25.1 Å². The van der Waals surface area contributed by atoms with E-state index in [1.54, 1.807) is 29.1 Å². The van der Waals surface area contributed by atoms with Crippen LogP contribution in [0.2, 0.25) is 0 Å². The van der Waals surface area contributed by atoms with Gasteiger partial charge in [-0.3, -0.25) is 9.48 Å². The monoisotopic (exact) mass is 364 g/mol. The molecule has 136 valence electrons. The molecular formula is C19H17FN6O. The molecule has 27 heavy (non-hydrogen) atoms. The molecule has 0 unspecified atom stereocenters. The molecule has 2 heterocycles. The molecule has 4 rings (SSSR count). The van der Waals surface area contributed by atoms with E-state index in [0.717, 1.165) is 16.5 Å². The summed E-state index contributed by atoms with van der Waals surface area (Å²) < 4.78 is 15.6. The first-order valence-corrected chi connectivity index (χ1v) is 8.54. The Labute approximate surface area is 154 Å². The molecule has 0 spiro atoms. The van der Waals surface area contributed by atoms with E-state index < -0.39 is 0 Å². The van der Waals surface area contributed by atoms with E-state index in [4.69, 9.17) is 0 Å². The third kappa shape index (κ3) is 3.41. The SMILES string of the molecule is CCn1ncc(NC(=O)Cn2ncc3cc(-c4ccccc4F)ccc32)n1. The van der Waals surface area contributed by atoms with E-state index in [2.05, 4.69) is 20.6 Å². The minimum absolute atomic E-state index is 0.0432. The van der Waals surface area contributed by atoms with Crippen LogP contribution in [0.3, 0.4) is 0 Å². The van der Waals surface area contributed by atoms with Gasteiger partial charge in [-0.2, -0.15) is 15.0 Å². The van der Waals surface area contributed by atoms with Gasteiger partial charge >= 0.3 is 0 Å². The second-order valence-electron chi connectivity index (χ2n) is 6.02. The minimum atomic E-state index is -0.274. The van der Waals surface area contributed by atoms with Gasteiger partial charge in [-0.25, -0.2) is 4.39 Å². The Kier molecular flexibility index (Phi) is 4.37. The lowest BCUT2D eigenvalue weighted by Crippen LogP contribution is -2.19. The summed E-state index contributed by atoms with van der Waals surface area (Å²) in [4.78, 5) is 13.7. The second kappa shape index (κ2) is 6.99. The lowest BCUT2D eigenvalue weighted by Gasteiger charge is -2.06. The number of anilines is 1. The van der Waals surface area contributed by atoms with Gasteiger partial charge in [0.1, 0.15) is 12.4 Å². The minimum Gasteiger partial charge on any atom is -0.306 e. The van der Waals surface area contributed by atoms with Gasteiger partial charge in [-0.15, -0.1) is 5.10 Å². The molecule has 7 nitrogen and oxygen atoms in total. The fraction of sp³-hybridized carbons (Fsp3) is 0.158. The van der Waals surface area contributed by atoms with Crippen LogP contribution < -0.4 is 5.32 Å². The molecule has 0 bridgehead atoms. The number of rotatable bonds is 5. The average molecular weight is 364 g/mol. The lowest BCUT2D eigenvalue weighted by atomic mass is 10.0. The largest absolute Gasteiger partial charge is 0.306 e. The van der Waals surface area contributed by atoms with Gasteiger partial charge in [0.15, 0.2) is 5.82 Å². The number of carbonyl (C=O) groups excluding carboxylic acids is 1. The number of amides is 1. The van der Waals surface area contributed by atoms with Crippen molar-refractivity contribution in [1.29, 1.82) is 0 Å². The highest BCUT2D eigenvalue weighted by atomic mass is 19.1. The molecule has 0 aliphatic heterocycles. The summed E-state index contributed by atoms with van der Waals surface area (Å²) in [5, 5.41) is 16.0. The Hall–Kier alpha value is -3.55. The maximum Gasteiger partial charge on any atom is 0.247 e. The fourth-order valence-corrected chi connectivity index (χ4v) is 2.90. The van der Waals surface area contributed by atoms with Crippen molar-refractivity contribution in [3.05, 3.63) is 60.7 Å². The summed E-state index contributed by atoms with van der Waals surface area (Å²) in [5.41, 5.74) is 2.09. The highest BCUT2D eigenvalue weighted by Gasteiger charge is 2.11. The first kappa shape index (κ1) is 16.9. The fourth-order valence-electron chi connectivity index (χ4n) is 2.90. The van der Waals surface area contributed by atoms with E-state index in [-0.39, 0.29) is 18.3 Å². The van der Waals surface area contributed by atoms with Crippen molar-refractivity contribution in [2.75, 3.05) is 5.32 Å². The quantitative estimate of drug-likeness (QED) is 0.590. The van der Waals surface area contributed by atoms with Gasteiger partial charge in [0.2, 0.25) is 5.91 Å². The van der Waals surface area contributed by atoms with Crippen LogP contribution in [0.15, 0.2) is 54.9 Å². The number of carbonyl (C=O) groups is 1. The number of aromatic nitrogens is 5. The molecule has 4 aromatic rings. The first-order valence-electron chi connectivity index (χ1n) is 8.54. The molecular weight excluding hydrogens is 347 g/mol. The summed E-state index contributed by atoms with van der Waals surface area (Å²) in [5.74, 6) is -0.120. The zero-order valence-corrected chi connectivity index (χ0v) is 14.6. The number of nitrogens with one attached hydrogen (secondary N) is 1. The van der Waals surface area contributed by atoms with Crippen molar-refractivity contribution >= 4 is 22.6 Å². The van der Waals surface area contributed by atoms with E-state index in [1.165, 1.54) is 17.1 Å². The maximum atomic E-state index is 14.0. The number of halogens is 1. The van der Waals surface area contributed by atoms with Crippen molar-refractivity contribution in [3.63, 3.8) is 0 Å². The topological polar surface area (TPSA) is 77.6 Å². The standard InChI is InChI=1S/C19H17FN6O/c1-2-26-22-11-18(24-26)23-19(27)12-25-17-8-7-13(9-14(17)10-21-25)15-5-3-4-6-16(15)20/h3-11H,2,12H2,1H3,(H,23,24,27). The number of aryl methyl sites for hydroxylation is 1. The highest BCUT2D eigenvalue weighted by molar-refractivity contribution is 5.91. The maximum absolute atomic E-state index is 14.0. The van der Waals surface area contributed by atoms with Gasteiger partial charge in [0.25, 0.3) is 0 Å². The molecule has 0 saturated carbocycles. The van der Waals surface area contributed by atoms with E-state index in [0.29, 0.717) is 17.9 Å². The first-order chi connectivity index (χ1) is 13.1. The van der Waals surface area contributed by atoms with Crippen molar-refractivity contribution in [2.45, 2.75) is 20.0 Å². The summed E-state index contributed by atoms with van der Waals surface area (Å²) in [6, 6.07) is 12.1. The molecule has 1 amide bonds. The Morgan fingerprint density at radius 3 is 2.78 bits per heavy atom. The number of fused-ring (bicyclic) bond motifs is 1. The van der Waals surface area contributed by atoms with Crippen LogP contribution in [0.25, 0.3) is 22.0 Å². The predicted molar refractivity (Wildman–Crippen MR) is 99.5 cm³/mol. The summed E-state index contributed by atoms with van der Waals surface area (Å²) in [7, 11) is 0. The van der Waals surface area contributed by atoms with Crippen LogP contribution in [0.5, 0.6) is 0 Å². The number of nitrogens with zero attached hydrogens (tertiary/aromatic N) is 5. The van der Waals surface area contributed by atoms with Crippen LogP contribution in [-0.4, -0.2) is 30.7 Å². The molecule has 2 aromatic carbocycles. The molecule has 0 aliphatic carbocycles. The van der Waals surface area contributed by atoms with Crippen molar-refractivity contribution in [3.8, 4) is 11.1 Å². The number of hydrogen-bond donors (Lipinski definition) is 1. The molecule has 0 fully saturated rings. The molecule has 0 radical (unpaired) electrons. The second-order valence-corrected chi connectivity index (χ2v) is 6.02. The van der Waals surface area contributed by atoms with Gasteiger partial charge in [-0.05, 0) is 30.7 Å². The van der Waals surface area contributed by atoms with Gasteiger partial charge < -0.3 is 5.32 Å². The van der Waals surface area contributed by atoms with Crippen molar-refractivity contribution in [2.24, 2.45) is 0 Å². The molecule has 0 atom stereocenters. The van der Waals surface area contributed by atoms with Crippen LogP contribution in [0.1, 0.15) is 6.92 Å². The van der Waals surface area contributed by atoms with E-state index >= 15 is 0 Å². The zero-order chi connectivity index (χ0) is 18.8.